The van der Waals surface area contributed by atoms with Crippen molar-refractivity contribution in [2.24, 2.45) is 5.92 Å². The molecule has 0 unspecified atom stereocenters. The standard InChI is InChI=1S/C26H46O9S/c1-10-36-23-20(19-18(17(15-27)31-23)32-26(8,9)33-19)30-14-12-11-13-16(21(28)34-24(2,3)4)22(29)35-25(5,6)7/h16-20,23,27H,10-15H2,1-9H3/t17-,18+,19+,20-,23+/m1/s1. The summed E-state index contributed by atoms with van der Waals surface area (Å²) in [6, 6.07) is 0. The summed E-state index contributed by atoms with van der Waals surface area (Å²) in [7, 11) is 0. The maximum absolute atomic E-state index is 12.7. The third kappa shape index (κ3) is 9.44. The van der Waals surface area contributed by atoms with Crippen molar-refractivity contribution in [1.82, 2.24) is 0 Å². The van der Waals surface area contributed by atoms with Gasteiger partial charge in [-0.25, -0.2) is 0 Å². The number of unbranched alkanes of at least 4 members (excludes halogenated alkanes) is 1. The Morgan fingerprint density at radius 2 is 1.53 bits per heavy atom. The van der Waals surface area contributed by atoms with E-state index in [1.807, 2.05) is 20.8 Å². The Morgan fingerprint density at radius 3 is 2.03 bits per heavy atom. The first-order chi connectivity index (χ1) is 16.6. The van der Waals surface area contributed by atoms with Gasteiger partial charge in [0.05, 0.1) is 6.61 Å². The van der Waals surface area contributed by atoms with Crippen LogP contribution in [-0.4, -0.2) is 82.9 Å². The minimum atomic E-state index is -0.994. The van der Waals surface area contributed by atoms with Gasteiger partial charge < -0.3 is 33.5 Å². The molecule has 0 aromatic carbocycles. The highest BCUT2D eigenvalue weighted by atomic mass is 32.2. The molecule has 5 atom stereocenters. The number of aliphatic hydroxyl groups excluding tert-OH is 1. The lowest BCUT2D eigenvalue weighted by Crippen LogP contribution is -2.57. The lowest BCUT2D eigenvalue weighted by molar-refractivity contribution is -0.184. The van der Waals surface area contributed by atoms with Gasteiger partial charge in [0.2, 0.25) is 0 Å². The largest absolute Gasteiger partial charge is 0.459 e. The van der Waals surface area contributed by atoms with Gasteiger partial charge in [-0.05, 0) is 80.4 Å². The van der Waals surface area contributed by atoms with Crippen molar-refractivity contribution in [3.8, 4) is 0 Å². The zero-order valence-electron chi connectivity index (χ0n) is 23.3. The van der Waals surface area contributed by atoms with Crippen molar-refractivity contribution in [3.63, 3.8) is 0 Å². The molecule has 2 rings (SSSR count). The van der Waals surface area contributed by atoms with Gasteiger partial charge in [-0.15, -0.1) is 11.8 Å². The summed E-state index contributed by atoms with van der Waals surface area (Å²) >= 11 is 1.60. The molecule has 2 saturated heterocycles. The molecule has 36 heavy (non-hydrogen) atoms. The second-order valence-corrected chi connectivity index (χ2v) is 13.1. The van der Waals surface area contributed by atoms with Crippen molar-refractivity contribution >= 4 is 23.7 Å². The molecule has 2 fully saturated rings. The maximum atomic E-state index is 12.7. The zero-order valence-corrected chi connectivity index (χ0v) is 24.1. The molecule has 0 aromatic rings. The van der Waals surface area contributed by atoms with Crippen molar-refractivity contribution < 1.29 is 43.1 Å². The van der Waals surface area contributed by atoms with Gasteiger partial charge in [-0.3, -0.25) is 9.59 Å². The van der Waals surface area contributed by atoms with Crippen LogP contribution in [0.25, 0.3) is 0 Å². The average Bonchev–Trinajstić information content (AvgIpc) is 3.03. The van der Waals surface area contributed by atoms with Crippen LogP contribution in [0.5, 0.6) is 0 Å². The summed E-state index contributed by atoms with van der Waals surface area (Å²) in [6.07, 6.45) is -0.168. The number of hydrogen-bond donors (Lipinski definition) is 1. The first kappa shape index (κ1) is 31.3. The molecule has 0 radical (unpaired) electrons. The summed E-state index contributed by atoms with van der Waals surface area (Å²) in [5.41, 5.74) is -1.71. The molecule has 210 valence electrons. The van der Waals surface area contributed by atoms with E-state index in [9.17, 15) is 14.7 Å². The number of fused-ring (bicyclic) bond motifs is 1. The van der Waals surface area contributed by atoms with Gasteiger partial charge in [0.1, 0.15) is 41.1 Å². The van der Waals surface area contributed by atoms with Crippen LogP contribution in [-0.2, 0) is 38.0 Å². The first-order valence-electron chi connectivity index (χ1n) is 12.9. The van der Waals surface area contributed by atoms with E-state index in [4.69, 9.17) is 28.4 Å². The number of thioether (sulfide) groups is 1. The quantitative estimate of drug-likeness (QED) is 0.239. The fourth-order valence-corrected chi connectivity index (χ4v) is 5.18. The highest BCUT2D eigenvalue weighted by Gasteiger charge is 2.55. The number of aliphatic hydroxyl groups is 1. The number of carbonyl (C=O) groups is 2. The molecule has 0 saturated carbocycles. The molecule has 0 amide bonds. The molecule has 0 aliphatic carbocycles. The third-order valence-electron chi connectivity index (χ3n) is 5.52. The van der Waals surface area contributed by atoms with Gasteiger partial charge >= 0.3 is 11.9 Å². The Bertz CT molecular complexity index is 700. The molecule has 10 heteroatoms. The monoisotopic (exact) mass is 534 g/mol. The molecular formula is C26H46O9S. The fourth-order valence-electron chi connectivity index (χ4n) is 4.21. The number of carbonyl (C=O) groups excluding carboxylic acids is 2. The van der Waals surface area contributed by atoms with Gasteiger partial charge in [0, 0.05) is 6.61 Å². The van der Waals surface area contributed by atoms with Gasteiger partial charge in [0.15, 0.2) is 11.7 Å². The van der Waals surface area contributed by atoms with Crippen molar-refractivity contribution in [1.29, 1.82) is 0 Å². The fraction of sp³-hybridized carbons (Fsp3) is 0.923. The van der Waals surface area contributed by atoms with Crippen LogP contribution in [0.1, 0.15) is 81.6 Å². The summed E-state index contributed by atoms with van der Waals surface area (Å²) in [5.74, 6) is -2.12. The summed E-state index contributed by atoms with van der Waals surface area (Å²) in [4.78, 5) is 25.5. The van der Waals surface area contributed by atoms with Crippen LogP contribution in [0.15, 0.2) is 0 Å². The highest BCUT2D eigenvalue weighted by molar-refractivity contribution is 7.99. The van der Waals surface area contributed by atoms with E-state index in [1.165, 1.54) is 0 Å². The Morgan fingerprint density at radius 1 is 0.972 bits per heavy atom. The van der Waals surface area contributed by atoms with E-state index in [0.717, 1.165) is 5.75 Å². The molecule has 2 aliphatic rings. The molecule has 2 aliphatic heterocycles. The van der Waals surface area contributed by atoms with Crippen molar-refractivity contribution in [2.75, 3.05) is 19.0 Å². The maximum Gasteiger partial charge on any atom is 0.320 e. The van der Waals surface area contributed by atoms with Crippen molar-refractivity contribution in [3.05, 3.63) is 0 Å². The van der Waals surface area contributed by atoms with Crippen LogP contribution < -0.4 is 0 Å². The Hall–Kier alpha value is -0.910. The van der Waals surface area contributed by atoms with Crippen molar-refractivity contribution in [2.45, 2.75) is 128 Å². The summed E-state index contributed by atoms with van der Waals surface area (Å²) in [5, 5.41) is 9.82. The SMILES string of the molecule is CCS[C@@H]1O[C@H](CO)[C@@H]2OC(C)(C)O[C@@H]2[C@H]1OCCCCC(C(=O)OC(C)(C)C)C(=O)OC(C)(C)C. The van der Waals surface area contributed by atoms with Crippen LogP contribution in [0.4, 0.5) is 0 Å². The zero-order chi connectivity index (χ0) is 27.3. The minimum absolute atomic E-state index is 0.162. The van der Waals surface area contributed by atoms with E-state index in [2.05, 4.69) is 0 Å². The number of rotatable bonds is 11. The van der Waals surface area contributed by atoms with Gasteiger partial charge in [-0.1, -0.05) is 6.92 Å². The normalized spacial score (nSPS) is 28.1. The lowest BCUT2D eigenvalue weighted by Gasteiger charge is -2.41. The van der Waals surface area contributed by atoms with Crippen LogP contribution in [0.2, 0.25) is 0 Å². The van der Waals surface area contributed by atoms with Gasteiger partial charge in [-0.2, -0.15) is 0 Å². The summed E-state index contributed by atoms with van der Waals surface area (Å²) in [6.45, 7) is 16.6. The third-order valence-corrected chi connectivity index (χ3v) is 6.56. The summed E-state index contributed by atoms with van der Waals surface area (Å²) < 4.78 is 35.5. The van der Waals surface area contributed by atoms with Gasteiger partial charge in [0.25, 0.3) is 0 Å². The second kappa shape index (κ2) is 12.8. The number of esters is 2. The highest BCUT2D eigenvalue weighted by Crippen LogP contribution is 2.41. The van der Waals surface area contributed by atoms with Crippen LogP contribution >= 0.6 is 11.8 Å². The van der Waals surface area contributed by atoms with Crippen LogP contribution in [0.3, 0.4) is 0 Å². The Balaban J connectivity index is 1.98. The Labute approximate surface area is 220 Å². The number of hydrogen-bond acceptors (Lipinski definition) is 10. The Kier molecular flexibility index (Phi) is 11.1. The molecule has 9 nitrogen and oxygen atoms in total. The van der Waals surface area contributed by atoms with E-state index in [-0.39, 0.29) is 24.3 Å². The first-order valence-corrected chi connectivity index (χ1v) is 13.9. The van der Waals surface area contributed by atoms with E-state index in [1.54, 1.807) is 53.3 Å². The number of ether oxygens (including phenoxy) is 6. The molecule has 0 aromatic heterocycles. The predicted molar refractivity (Wildman–Crippen MR) is 136 cm³/mol. The minimum Gasteiger partial charge on any atom is -0.459 e. The molecular weight excluding hydrogens is 488 g/mol. The average molecular weight is 535 g/mol. The molecule has 1 N–H and O–H groups in total. The van der Waals surface area contributed by atoms with E-state index in [0.29, 0.717) is 25.9 Å². The lowest BCUT2D eigenvalue weighted by atomic mass is 10.00. The van der Waals surface area contributed by atoms with Crippen LogP contribution in [0, 0.1) is 5.92 Å². The van der Waals surface area contributed by atoms with E-state index >= 15 is 0 Å². The molecule has 2 heterocycles. The second-order valence-electron chi connectivity index (χ2n) is 11.7. The smallest absolute Gasteiger partial charge is 0.320 e. The molecule has 0 bridgehead atoms. The van der Waals surface area contributed by atoms with E-state index < -0.39 is 47.1 Å². The topological polar surface area (TPSA) is 110 Å². The predicted octanol–water partition coefficient (Wildman–Crippen LogP) is 3.83. The molecule has 0 spiro atoms.